The van der Waals surface area contributed by atoms with Crippen molar-refractivity contribution in [3.05, 3.63) is 27.8 Å². The Balaban J connectivity index is 2.94. The van der Waals surface area contributed by atoms with Gasteiger partial charge in [0.05, 0.1) is 6.61 Å². The third kappa shape index (κ3) is 2.94. The summed E-state index contributed by atoms with van der Waals surface area (Å²) in [7, 11) is 0. The minimum Gasteiger partial charge on any atom is -0.486 e. The maximum absolute atomic E-state index is 11.5. The van der Waals surface area contributed by atoms with Crippen LogP contribution in [-0.4, -0.2) is 12.9 Å². The van der Waals surface area contributed by atoms with Crippen LogP contribution in [0.2, 0.25) is 0 Å². The van der Waals surface area contributed by atoms with Crippen LogP contribution in [0.5, 0.6) is 5.75 Å². The molecule has 0 radical (unpaired) electrons. The fourth-order valence-electron chi connectivity index (χ4n) is 1.16. The molecule has 0 amide bonds. The summed E-state index contributed by atoms with van der Waals surface area (Å²) in [5.41, 5.74) is -0.308. The van der Waals surface area contributed by atoms with E-state index in [9.17, 15) is 9.59 Å². The summed E-state index contributed by atoms with van der Waals surface area (Å²) in [4.78, 5) is 22.1. The molecule has 0 atom stereocenters. The van der Waals surface area contributed by atoms with Crippen LogP contribution in [0.4, 0.5) is 0 Å². The van der Waals surface area contributed by atoms with Gasteiger partial charge in [-0.25, -0.2) is 0 Å². The lowest BCUT2D eigenvalue weighted by atomic mass is 10.3. The number of carbonyl (C=O) groups is 1. The van der Waals surface area contributed by atoms with Gasteiger partial charge in [0, 0.05) is 6.07 Å². The summed E-state index contributed by atoms with van der Waals surface area (Å²) in [6.07, 6.45) is 2.30. The van der Waals surface area contributed by atoms with Crippen molar-refractivity contribution in [2.24, 2.45) is 0 Å². The highest BCUT2D eigenvalue weighted by Crippen LogP contribution is 2.12. The van der Waals surface area contributed by atoms with Crippen molar-refractivity contribution in [3.8, 4) is 5.75 Å². The van der Waals surface area contributed by atoms with Crippen molar-refractivity contribution in [1.29, 1.82) is 0 Å². The van der Waals surface area contributed by atoms with Crippen LogP contribution < -0.4 is 10.2 Å². The van der Waals surface area contributed by atoms with Crippen LogP contribution in [0, 0.1) is 6.92 Å². The van der Waals surface area contributed by atoms with E-state index in [1.165, 1.54) is 6.07 Å². The topological polar surface area (TPSA) is 56.5 Å². The van der Waals surface area contributed by atoms with E-state index in [-0.39, 0.29) is 16.9 Å². The van der Waals surface area contributed by atoms with Gasteiger partial charge in [-0.3, -0.25) is 9.59 Å². The zero-order valence-corrected chi connectivity index (χ0v) is 8.91. The molecule has 0 aromatic carbocycles. The number of hydrogen-bond acceptors (Lipinski definition) is 4. The zero-order chi connectivity index (χ0) is 11.3. The molecule has 0 aliphatic heterocycles. The summed E-state index contributed by atoms with van der Waals surface area (Å²) < 4.78 is 10.3. The fraction of sp³-hybridized carbons (Fsp3) is 0.455. The molecule has 1 aromatic heterocycles. The number of rotatable bonds is 5. The first-order valence-electron chi connectivity index (χ1n) is 4.91. The highest BCUT2D eigenvalue weighted by atomic mass is 16.5. The molecule has 0 spiro atoms. The second-order valence-electron chi connectivity index (χ2n) is 3.23. The summed E-state index contributed by atoms with van der Waals surface area (Å²) in [5, 5.41) is 0. The maximum Gasteiger partial charge on any atom is 0.227 e. The summed E-state index contributed by atoms with van der Waals surface area (Å²) in [6.45, 7) is 4.05. The first-order valence-corrected chi connectivity index (χ1v) is 4.91. The Morgan fingerprint density at radius 1 is 1.53 bits per heavy atom. The molecule has 1 rings (SSSR count). The van der Waals surface area contributed by atoms with Crippen molar-refractivity contribution in [3.63, 3.8) is 0 Å². The number of aldehydes is 1. The minimum absolute atomic E-state index is 0.0176. The average Bonchev–Trinajstić information content (AvgIpc) is 2.20. The second-order valence-corrected chi connectivity index (χ2v) is 3.23. The summed E-state index contributed by atoms with van der Waals surface area (Å²) >= 11 is 0. The molecule has 0 saturated carbocycles. The molecule has 1 heterocycles. The molecule has 0 aliphatic rings. The monoisotopic (exact) mass is 210 g/mol. The third-order valence-corrected chi connectivity index (χ3v) is 1.90. The van der Waals surface area contributed by atoms with Gasteiger partial charge in [0.25, 0.3) is 0 Å². The van der Waals surface area contributed by atoms with E-state index in [4.69, 9.17) is 9.15 Å². The molecule has 4 nitrogen and oxygen atoms in total. The average molecular weight is 210 g/mol. The van der Waals surface area contributed by atoms with Crippen LogP contribution in [-0.2, 0) is 0 Å². The summed E-state index contributed by atoms with van der Waals surface area (Å²) in [6, 6.07) is 1.31. The summed E-state index contributed by atoms with van der Waals surface area (Å²) in [5.74, 6) is 0.394. The predicted octanol–water partition coefficient (Wildman–Crippen LogP) is 1.94. The standard InChI is InChI=1S/C11H14O4/c1-3-4-5-14-11-9(13)6-8(2)15-10(11)7-12/h6-7H,3-5H2,1-2H3. The molecule has 82 valence electrons. The van der Waals surface area contributed by atoms with Gasteiger partial charge in [0.1, 0.15) is 5.76 Å². The highest BCUT2D eigenvalue weighted by Gasteiger charge is 2.11. The quantitative estimate of drug-likeness (QED) is 0.550. The van der Waals surface area contributed by atoms with Gasteiger partial charge < -0.3 is 9.15 Å². The molecule has 0 unspecified atom stereocenters. The van der Waals surface area contributed by atoms with Crippen molar-refractivity contribution >= 4 is 6.29 Å². The van der Waals surface area contributed by atoms with Crippen LogP contribution >= 0.6 is 0 Å². The van der Waals surface area contributed by atoms with Gasteiger partial charge in [0.15, 0.2) is 6.29 Å². The normalized spacial score (nSPS) is 10.0. The van der Waals surface area contributed by atoms with Gasteiger partial charge >= 0.3 is 0 Å². The number of aryl methyl sites for hydroxylation is 1. The smallest absolute Gasteiger partial charge is 0.227 e. The van der Waals surface area contributed by atoms with Crippen molar-refractivity contribution < 1.29 is 13.9 Å². The van der Waals surface area contributed by atoms with Crippen LogP contribution in [0.3, 0.4) is 0 Å². The minimum atomic E-state index is -0.308. The van der Waals surface area contributed by atoms with E-state index >= 15 is 0 Å². The van der Waals surface area contributed by atoms with Crippen LogP contribution in [0.25, 0.3) is 0 Å². The lowest BCUT2D eigenvalue weighted by Crippen LogP contribution is -2.11. The second kappa shape index (κ2) is 5.34. The van der Waals surface area contributed by atoms with E-state index in [0.29, 0.717) is 18.7 Å². The molecular formula is C11H14O4. The lowest BCUT2D eigenvalue weighted by Gasteiger charge is -2.06. The Kier molecular flexibility index (Phi) is 4.09. The van der Waals surface area contributed by atoms with Crippen molar-refractivity contribution in [1.82, 2.24) is 0 Å². The number of carbonyl (C=O) groups excluding carboxylic acids is 1. The number of unbranched alkanes of at least 4 members (excludes halogenated alkanes) is 1. The van der Waals surface area contributed by atoms with Gasteiger partial charge in [-0.1, -0.05) is 13.3 Å². The van der Waals surface area contributed by atoms with Gasteiger partial charge in [0.2, 0.25) is 16.9 Å². The molecule has 0 N–H and O–H groups in total. The van der Waals surface area contributed by atoms with Crippen LogP contribution in [0.1, 0.15) is 36.1 Å². The van der Waals surface area contributed by atoms with E-state index < -0.39 is 0 Å². The molecule has 4 heteroatoms. The van der Waals surface area contributed by atoms with E-state index in [1.807, 2.05) is 6.92 Å². The molecule has 0 fully saturated rings. The van der Waals surface area contributed by atoms with E-state index in [2.05, 4.69) is 0 Å². The molecule has 0 saturated heterocycles. The van der Waals surface area contributed by atoms with Crippen molar-refractivity contribution in [2.75, 3.05) is 6.61 Å². The van der Waals surface area contributed by atoms with Gasteiger partial charge in [-0.15, -0.1) is 0 Å². The Bertz CT molecular complexity index is 392. The largest absolute Gasteiger partial charge is 0.486 e. The van der Waals surface area contributed by atoms with Gasteiger partial charge in [-0.05, 0) is 13.3 Å². The number of hydrogen-bond donors (Lipinski definition) is 0. The van der Waals surface area contributed by atoms with E-state index in [1.54, 1.807) is 6.92 Å². The van der Waals surface area contributed by atoms with Crippen LogP contribution in [0.15, 0.2) is 15.3 Å². The Morgan fingerprint density at radius 3 is 2.87 bits per heavy atom. The van der Waals surface area contributed by atoms with E-state index in [0.717, 1.165) is 12.8 Å². The first-order chi connectivity index (χ1) is 7.19. The van der Waals surface area contributed by atoms with Gasteiger partial charge in [-0.2, -0.15) is 0 Å². The number of ether oxygens (including phenoxy) is 1. The SMILES string of the molecule is CCCCOc1c(C=O)oc(C)cc1=O. The molecule has 1 aromatic rings. The molecule has 0 bridgehead atoms. The first kappa shape index (κ1) is 11.5. The van der Waals surface area contributed by atoms with Crippen molar-refractivity contribution in [2.45, 2.75) is 26.7 Å². The Morgan fingerprint density at radius 2 is 2.27 bits per heavy atom. The highest BCUT2D eigenvalue weighted by molar-refractivity contribution is 5.74. The maximum atomic E-state index is 11.5. The zero-order valence-electron chi connectivity index (χ0n) is 8.91. The molecular weight excluding hydrogens is 196 g/mol. The molecule has 15 heavy (non-hydrogen) atoms. The lowest BCUT2D eigenvalue weighted by molar-refractivity contribution is 0.109. The predicted molar refractivity (Wildman–Crippen MR) is 55.5 cm³/mol. The Labute approximate surface area is 87.9 Å². The fourth-order valence-corrected chi connectivity index (χ4v) is 1.16. The Hall–Kier alpha value is -1.58. The molecule has 0 aliphatic carbocycles. The third-order valence-electron chi connectivity index (χ3n) is 1.90.